The molecular weight excluding hydrogens is 230 g/mol. The van der Waals surface area contributed by atoms with Gasteiger partial charge in [-0.05, 0) is 17.7 Å². The summed E-state index contributed by atoms with van der Waals surface area (Å²) in [5.74, 6) is 0.139. The molecule has 1 aromatic carbocycles. The van der Waals surface area contributed by atoms with Crippen molar-refractivity contribution in [3.63, 3.8) is 0 Å². The number of rotatable bonds is 4. The quantitative estimate of drug-likeness (QED) is 0.826. The Bertz CT molecular complexity index is 464. The van der Waals surface area contributed by atoms with Gasteiger partial charge in [-0.15, -0.1) is 0 Å². The van der Waals surface area contributed by atoms with Gasteiger partial charge in [0.25, 0.3) is 0 Å². The van der Waals surface area contributed by atoms with E-state index in [0.717, 1.165) is 11.8 Å². The number of ether oxygens (including phenoxy) is 1. The van der Waals surface area contributed by atoms with Crippen LogP contribution in [0.25, 0.3) is 0 Å². The molecule has 0 unspecified atom stereocenters. The molecule has 1 rings (SSSR count). The van der Waals surface area contributed by atoms with Gasteiger partial charge >= 0.3 is 0 Å². The zero-order chi connectivity index (χ0) is 12.2. The van der Waals surface area contributed by atoms with Crippen LogP contribution in [0.3, 0.4) is 0 Å². The van der Waals surface area contributed by atoms with Crippen molar-refractivity contribution in [3.05, 3.63) is 29.8 Å². The first-order valence-electron chi connectivity index (χ1n) is 4.54. The summed E-state index contributed by atoms with van der Waals surface area (Å²) in [5.41, 5.74) is 0.724. The van der Waals surface area contributed by atoms with Gasteiger partial charge in [0.05, 0.1) is 19.8 Å². The molecule has 0 aliphatic heterocycles. The number of benzene rings is 1. The van der Waals surface area contributed by atoms with Crippen LogP contribution in [0.5, 0.6) is 5.75 Å². The van der Waals surface area contributed by atoms with E-state index in [4.69, 9.17) is 4.74 Å². The summed E-state index contributed by atoms with van der Waals surface area (Å²) in [7, 11) is -1.93. The Morgan fingerprint density at radius 3 is 2.31 bits per heavy atom. The predicted molar refractivity (Wildman–Crippen MR) is 59.7 cm³/mol. The first kappa shape index (κ1) is 12.5. The van der Waals surface area contributed by atoms with Gasteiger partial charge in [-0.1, -0.05) is 12.1 Å². The molecular formula is C10H13NO4S. The molecule has 0 heterocycles. The number of carbonyl (C=O) groups is 1. The molecule has 5 nitrogen and oxygen atoms in total. The maximum atomic E-state index is 11.3. The van der Waals surface area contributed by atoms with Crippen molar-refractivity contribution in [1.29, 1.82) is 0 Å². The van der Waals surface area contributed by atoms with E-state index >= 15 is 0 Å². The Kier molecular flexibility index (Phi) is 3.89. The van der Waals surface area contributed by atoms with Gasteiger partial charge in [0.15, 0.2) is 0 Å². The summed E-state index contributed by atoms with van der Waals surface area (Å²) < 4.78 is 28.4. The van der Waals surface area contributed by atoms with Crippen LogP contribution in [0.4, 0.5) is 0 Å². The lowest BCUT2D eigenvalue weighted by atomic mass is 10.1. The van der Waals surface area contributed by atoms with Crippen molar-refractivity contribution >= 4 is 15.9 Å². The van der Waals surface area contributed by atoms with Crippen molar-refractivity contribution in [2.45, 2.75) is 6.42 Å². The number of sulfonamides is 1. The molecule has 0 saturated carbocycles. The minimum Gasteiger partial charge on any atom is -0.497 e. The average Bonchev–Trinajstić information content (AvgIpc) is 2.16. The van der Waals surface area contributed by atoms with Crippen LogP contribution in [-0.2, 0) is 21.2 Å². The Hall–Kier alpha value is -1.56. The van der Waals surface area contributed by atoms with E-state index in [2.05, 4.69) is 0 Å². The first-order chi connectivity index (χ1) is 7.40. The van der Waals surface area contributed by atoms with E-state index in [9.17, 15) is 13.2 Å². The number of carbonyl (C=O) groups excluding carboxylic acids is 1. The zero-order valence-electron chi connectivity index (χ0n) is 9.06. The second-order valence-electron chi connectivity index (χ2n) is 3.32. The van der Waals surface area contributed by atoms with Crippen LogP contribution in [0.2, 0.25) is 0 Å². The van der Waals surface area contributed by atoms with Gasteiger partial charge in [-0.2, -0.15) is 0 Å². The highest BCUT2D eigenvalue weighted by Gasteiger charge is 2.08. The molecule has 0 spiro atoms. The lowest BCUT2D eigenvalue weighted by molar-refractivity contribution is -0.118. The molecule has 0 aliphatic rings. The Labute approximate surface area is 94.5 Å². The van der Waals surface area contributed by atoms with Crippen molar-refractivity contribution in [1.82, 2.24) is 4.72 Å². The fraction of sp³-hybridized carbons (Fsp3) is 0.300. The third kappa shape index (κ3) is 4.31. The van der Waals surface area contributed by atoms with Gasteiger partial charge in [0.1, 0.15) is 5.75 Å². The minimum atomic E-state index is -3.48. The SMILES string of the molecule is COc1ccc(CC(=O)NS(C)(=O)=O)cc1. The van der Waals surface area contributed by atoms with E-state index in [0.29, 0.717) is 5.75 Å². The summed E-state index contributed by atoms with van der Waals surface area (Å²) in [6.45, 7) is 0. The van der Waals surface area contributed by atoms with Crippen molar-refractivity contribution in [3.8, 4) is 5.75 Å². The standard InChI is InChI=1S/C10H13NO4S/c1-15-9-5-3-8(4-6-9)7-10(12)11-16(2,13)14/h3-6H,7H2,1-2H3,(H,11,12). The van der Waals surface area contributed by atoms with Crippen molar-refractivity contribution < 1.29 is 17.9 Å². The Balaban J connectivity index is 2.63. The average molecular weight is 243 g/mol. The second-order valence-corrected chi connectivity index (χ2v) is 5.07. The molecule has 1 aromatic rings. The smallest absolute Gasteiger partial charge is 0.237 e. The lowest BCUT2D eigenvalue weighted by Crippen LogP contribution is -2.30. The van der Waals surface area contributed by atoms with Crippen LogP contribution < -0.4 is 9.46 Å². The normalized spacial score (nSPS) is 10.9. The molecule has 1 N–H and O–H groups in total. The fourth-order valence-corrected chi connectivity index (χ4v) is 1.66. The van der Waals surface area contributed by atoms with Gasteiger partial charge in [0, 0.05) is 0 Å². The molecule has 0 atom stereocenters. The van der Waals surface area contributed by atoms with Gasteiger partial charge < -0.3 is 4.74 Å². The van der Waals surface area contributed by atoms with Gasteiger partial charge in [-0.25, -0.2) is 8.42 Å². The molecule has 6 heteroatoms. The molecule has 1 amide bonds. The minimum absolute atomic E-state index is 0.0249. The molecule has 16 heavy (non-hydrogen) atoms. The van der Waals surface area contributed by atoms with Crippen LogP contribution in [0.1, 0.15) is 5.56 Å². The highest BCUT2D eigenvalue weighted by atomic mass is 32.2. The monoisotopic (exact) mass is 243 g/mol. The molecule has 0 bridgehead atoms. The summed E-state index contributed by atoms with van der Waals surface area (Å²) >= 11 is 0. The van der Waals surface area contributed by atoms with E-state index in [1.807, 2.05) is 4.72 Å². The number of methoxy groups -OCH3 is 1. The van der Waals surface area contributed by atoms with E-state index in [1.165, 1.54) is 0 Å². The highest BCUT2D eigenvalue weighted by molar-refractivity contribution is 7.89. The van der Waals surface area contributed by atoms with E-state index in [-0.39, 0.29) is 6.42 Å². The highest BCUT2D eigenvalue weighted by Crippen LogP contribution is 2.11. The number of hydrogen-bond donors (Lipinski definition) is 1. The number of hydrogen-bond acceptors (Lipinski definition) is 4. The summed E-state index contributed by atoms with van der Waals surface area (Å²) in [6.07, 6.45) is 0.968. The second kappa shape index (κ2) is 4.98. The molecule has 0 fully saturated rings. The van der Waals surface area contributed by atoms with E-state index in [1.54, 1.807) is 31.4 Å². The third-order valence-electron chi connectivity index (χ3n) is 1.82. The largest absolute Gasteiger partial charge is 0.497 e. The molecule has 0 saturated heterocycles. The Morgan fingerprint density at radius 1 is 1.31 bits per heavy atom. The predicted octanol–water partition coefficient (Wildman–Crippen LogP) is 0.313. The fourth-order valence-electron chi connectivity index (χ4n) is 1.17. The molecule has 0 aliphatic carbocycles. The Morgan fingerprint density at radius 2 is 1.88 bits per heavy atom. The molecule has 0 aromatic heterocycles. The van der Waals surface area contributed by atoms with Crippen LogP contribution in [0, 0.1) is 0 Å². The van der Waals surface area contributed by atoms with Crippen molar-refractivity contribution in [2.75, 3.05) is 13.4 Å². The van der Waals surface area contributed by atoms with Crippen LogP contribution >= 0.6 is 0 Å². The summed E-state index contributed by atoms with van der Waals surface area (Å²) in [6, 6.07) is 6.84. The summed E-state index contributed by atoms with van der Waals surface area (Å²) in [4.78, 5) is 11.3. The van der Waals surface area contributed by atoms with Gasteiger partial charge in [0.2, 0.25) is 15.9 Å². The van der Waals surface area contributed by atoms with Gasteiger partial charge in [-0.3, -0.25) is 9.52 Å². The van der Waals surface area contributed by atoms with E-state index < -0.39 is 15.9 Å². The number of nitrogens with one attached hydrogen (secondary N) is 1. The lowest BCUT2D eigenvalue weighted by Gasteiger charge is -2.04. The van der Waals surface area contributed by atoms with Crippen LogP contribution in [0.15, 0.2) is 24.3 Å². The number of amides is 1. The third-order valence-corrected chi connectivity index (χ3v) is 2.42. The van der Waals surface area contributed by atoms with Crippen LogP contribution in [-0.4, -0.2) is 27.7 Å². The molecule has 0 radical (unpaired) electrons. The zero-order valence-corrected chi connectivity index (χ0v) is 9.87. The maximum Gasteiger partial charge on any atom is 0.237 e. The maximum absolute atomic E-state index is 11.3. The summed E-state index contributed by atoms with van der Waals surface area (Å²) in [5, 5.41) is 0. The first-order valence-corrected chi connectivity index (χ1v) is 6.43. The topological polar surface area (TPSA) is 72.5 Å². The van der Waals surface area contributed by atoms with Crippen molar-refractivity contribution in [2.24, 2.45) is 0 Å². The molecule has 88 valence electrons.